The van der Waals surface area contributed by atoms with Gasteiger partial charge in [-0.3, -0.25) is 9.63 Å². The zero-order chi connectivity index (χ0) is 23.1. The monoisotopic (exact) mass is 450 g/mol. The molecule has 2 atom stereocenters. The molecule has 2 N–H and O–H groups in total. The number of carbonyl (C=O) groups is 3. The van der Waals surface area contributed by atoms with E-state index in [0.29, 0.717) is 16.7 Å². The van der Waals surface area contributed by atoms with Crippen LogP contribution in [0, 0.1) is 0 Å². The van der Waals surface area contributed by atoms with Crippen LogP contribution >= 0.6 is 8.46 Å². The van der Waals surface area contributed by atoms with E-state index in [9.17, 15) is 18.9 Å². The summed E-state index contributed by atoms with van der Waals surface area (Å²) < 4.78 is 21.1. The molecule has 9 nitrogen and oxygen atoms in total. The second-order valence-corrected chi connectivity index (χ2v) is 7.90. The minimum absolute atomic E-state index is 0.00189. The molecule has 168 valence electrons. The molecule has 2 rings (SSSR count). The van der Waals surface area contributed by atoms with Gasteiger partial charge in [0.05, 0.1) is 44.9 Å². The Bertz CT molecular complexity index is 907. The van der Waals surface area contributed by atoms with Crippen molar-refractivity contribution in [1.29, 1.82) is 0 Å². The SMILES string of the molecule is CCOC(=O)c1c2ccc(CC(=O)N(C)OC(C)[PH2]=O)ccc-2c(C(=O)OCC)c1N. The van der Waals surface area contributed by atoms with Crippen LogP contribution in [0.5, 0.6) is 0 Å². The molecule has 0 aromatic rings. The number of hydrogen-bond donors (Lipinski definition) is 1. The fourth-order valence-corrected chi connectivity index (χ4v) is 3.28. The zero-order valence-electron chi connectivity index (χ0n) is 18.0. The Morgan fingerprint density at radius 3 is 1.90 bits per heavy atom. The molecule has 10 heteroatoms. The Balaban J connectivity index is 2.48. The Hall–Kier alpha value is -2.90. The van der Waals surface area contributed by atoms with E-state index >= 15 is 0 Å². The first-order chi connectivity index (χ1) is 14.7. The highest BCUT2D eigenvalue weighted by atomic mass is 31.1. The smallest absolute Gasteiger partial charge is 0.340 e. The molecule has 0 spiro atoms. The molecular formula is C21H27N2O7P. The summed E-state index contributed by atoms with van der Waals surface area (Å²) in [5, 5.41) is 1.05. The molecule has 0 aliphatic heterocycles. The molecular weight excluding hydrogens is 423 g/mol. The number of fused-ring (bicyclic) bond motifs is 1. The third kappa shape index (κ3) is 5.62. The van der Waals surface area contributed by atoms with Gasteiger partial charge in [-0.25, -0.2) is 14.7 Å². The van der Waals surface area contributed by atoms with Gasteiger partial charge in [0.1, 0.15) is 5.85 Å². The average Bonchev–Trinajstić information content (AvgIpc) is 2.86. The van der Waals surface area contributed by atoms with Gasteiger partial charge in [-0.15, -0.1) is 0 Å². The van der Waals surface area contributed by atoms with Gasteiger partial charge >= 0.3 is 11.9 Å². The summed E-state index contributed by atoms with van der Waals surface area (Å²) in [4.78, 5) is 42.7. The third-order valence-corrected chi connectivity index (χ3v) is 4.98. The van der Waals surface area contributed by atoms with E-state index in [-0.39, 0.29) is 42.4 Å². The molecule has 0 bridgehead atoms. The molecule has 0 radical (unpaired) electrons. The van der Waals surface area contributed by atoms with Crippen LogP contribution < -0.4 is 5.73 Å². The summed E-state index contributed by atoms with van der Waals surface area (Å²) in [6.45, 7) is 5.24. The van der Waals surface area contributed by atoms with Gasteiger partial charge in [-0.2, -0.15) is 0 Å². The fourth-order valence-electron chi connectivity index (χ4n) is 3.05. The highest BCUT2D eigenvalue weighted by Crippen LogP contribution is 2.39. The topological polar surface area (TPSA) is 125 Å². The lowest BCUT2D eigenvalue weighted by atomic mass is 10.1. The Morgan fingerprint density at radius 2 is 1.48 bits per heavy atom. The lowest BCUT2D eigenvalue weighted by Crippen LogP contribution is -2.30. The largest absolute Gasteiger partial charge is 0.462 e. The van der Waals surface area contributed by atoms with Gasteiger partial charge in [0.15, 0.2) is 0 Å². The summed E-state index contributed by atoms with van der Waals surface area (Å²) in [7, 11) is 0.279. The first-order valence-corrected chi connectivity index (χ1v) is 11.0. The van der Waals surface area contributed by atoms with Crippen LogP contribution in [0.25, 0.3) is 11.1 Å². The Kier molecular flexibility index (Phi) is 8.59. The minimum atomic E-state index is -1.17. The summed E-state index contributed by atoms with van der Waals surface area (Å²) in [6, 6.07) is 6.56. The van der Waals surface area contributed by atoms with Gasteiger partial charge in [-0.1, -0.05) is 24.3 Å². The number of esters is 2. The first-order valence-electron chi connectivity index (χ1n) is 9.81. The van der Waals surface area contributed by atoms with E-state index in [1.54, 1.807) is 45.0 Å². The van der Waals surface area contributed by atoms with Crippen LogP contribution in [-0.2, 0) is 30.1 Å². The van der Waals surface area contributed by atoms with Crippen molar-refractivity contribution in [2.45, 2.75) is 33.0 Å². The number of ether oxygens (including phenoxy) is 2. The van der Waals surface area contributed by atoms with E-state index in [1.807, 2.05) is 0 Å². The highest BCUT2D eigenvalue weighted by molar-refractivity contribution is 7.24. The molecule has 2 aliphatic carbocycles. The summed E-state index contributed by atoms with van der Waals surface area (Å²) in [6.07, 6.45) is -0.00630. The lowest BCUT2D eigenvalue weighted by molar-refractivity contribution is -0.181. The van der Waals surface area contributed by atoms with E-state index in [1.165, 1.54) is 7.05 Å². The third-order valence-electron chi connectivity index (χ3n) is 4.48. The second kappa shape index (κ2) is 10.9. The van der Waals surface area contributed by atoms with E-state index in [0.717, 1.165) is 5.06 Å². The van der Waals surface area contributed by atoms with Crippen molar-refractivity contribution in [2.24, 2.45) is 0 Å². The predicted octanol–water partition coefficient (Wildman–Crippen LogP) is 2.76. The molecule has 0 saturated carbocycles. The molecule has 1 amide bonds. The van der Waals surface area contributed by atoms with Crippen molar-refractivity contribution in [3.63, 3.8) is 0 Å². The van der Waals surface area contributed by atoms with E-state index in [2.05, 4.69) is 0 Å². The molecule has 2 unspecified atom stereocenters. The maximum absolute atomic E-state index is 12.5. The van der Waals surface area contributed by atoms with Crippen LogP contribution in [-0.4, -0.2) is 49.0 Å². The van der Waals surface area contributed by atoms with Crippen molar-refractivity contribution in [1.82, 2.24) is 5.06 Å². The summed E-state index contributed by atoms with van der Waals surface area (Å²) in [5.74, 6) is -2.19. The average molecular weight is 450 g/mol. The van der Waals surface area contributed by atoms with Crippen molar-refractivity contribution in [3.05, 3.63) is 41.0 Å². The van der Waals surface area contributed by atoms with Crippen LogP contribution in [0.4, 0.5) is 5.69 Å². The quantitative estimate of drug-likeness (QED) is 0.351. The van der Waals surface area contributed by atoms with Crippen LogP contribution in [0.3, 0.4) is 0 Å². The minimum Gasteiger partial charge on any atom is -0.462 e. The molecule has 31 heavy (non-hydrogen) atoms. The predicted molar refractivity (Wildman–Crippen MR) is 117 cm³/mol. The number of hydroxylamine groups is 2. The molecule has 0 aromatic heterocycles. The maximum Gasteiger partial charge on any atom is 0.340 e. The van der Waals surface area contributed by atoms with Gasteiger partial charge in [0.2, 0.25) is 5.91 Å². The normalized spacial score (nSPS) is 12.1. The number of carbonyl (C=O) groups excluding carboxylic acids is 3. The number of nitrogens with two attached hydrogens (primary N) is 1. The lowest BCUT2D eigenvalue weighted by Gasteiger charge is -2.18. The number of amides is 1. The van der Waals surface area contributed by atoms with E-state index in [4.69, 9.17) is 20.0 Å². The fraction of sp³-hybridized carbons (Fsp3) is 0.381. The van der Waals surface area contributed by atoms with Gasteiger partial charge < -0.3 is 19.8 Å². The Labute approximate surface area is 181 Å². The van der Waals surface area contributed by atoms with Crippen LogP contribution in [0.2, 0.25) is 0 Å². The molecule has 0 heterocycles. The number of anilines is 1. The molecule has 0 saturated heterocycles. The molecule has 2 aliphatic rings. The number of likely N-dealkylation sites (N-methyl/N-ethyl adjacent to an activating group) is 1. The first kappa shape index (κ1) is 24.4. The van der Waals surface area contributed by atoms with Crippen molar-refractivity contribution in [3.8, 4) is 11.1 Å². The zero-order valence-corrected chi connectivity index (χ0v) is 19.1. The molecule has 0 aromatic carbocycles. The van der Waals surface area contributed by atoms with Gasteiger partial charge in [0, 0.05) is 7.05 Å². The standard InChI is InChI=1S/C21H27N2O7P/c1-5-28-20(25)17-14-9-7-13(11-16(24)23(4)30-12(3)31-27)8-10-15(14)18(19(17)22)21(26)29-6-2/h7-10,12H,5-6,11,22,31H2,1-4H3. The number of nitrogens with zero attached hydrogens (tertiary/aromatic N) is 1. The number of hydrogen-bond acceptors (Lipinski definition) is 8. The van der Waals surface area contributed by atoms with Crippen molar-refractivity contribution >= 4 is 32.0 Å². The number of nitrogen functional groups attached to an aromatic ring is 1. The molecule has 0 fully saturated rings. The van der Waals surface area contributed by atoms with Gasteiger partial charge in [0.25, 0.3) is 0 Å². The summed E-state index contributed by atoms with van der Waals surface area (Å²) in [5.41, 5.74) is 7.76. The second-order valence-electron chi connectivity index (χ2n) is 6.69. The number of rotatable bonds is 9. The van der Waals surface area contributed by atoms with Crippen LogP contribution in [0.15, 0.2) is 24.3 Å². The van der Waals surface area contributed by atoms with Crippen molar-refractivity contribution < 1.29 is 33.3 Å². The summed E-state index contributed by atoms with van der Waals surface area (Å²) >= 11 is 0. The highest BCUT2D eigenvalue weighted by Gasteiger charge is 2.30. The van der Waals surface area contributed by atoms with Gasteiger partial charge in [-0.05, 0) is 37.5 Å². The van der Waals surface area contributed by atoms with Crippen molar-refractivity contribution in [2.75, 3.05) is 26.0 Å². The maximum atomic E-state index is 12.5. The van der Waals surface area contributed by atoms with Crippen LogP contribution in [0.1, 0.15) is 47.1 Å². The Morgan fingerprint density at radius 1 is 1.00 bits per heavy atom. The van der Waals surface area contributed by atoms with E-state index < -0.39 is 26.2 Å².